The van der Waals surface area contributed by atoms with Gasteiger partial charge in [-0.1, -0.05) is 18.2 Å². The minimum atomic E-state index is -0.662. The Bertz CT molecular complexity index is 884. The van der Waals surface area contributed by atoms with Crippen LogP contribution in [0.3, 0.4) is 0 Å². The molecule has 1 aromatic carbocycles. The molecule has 0 amide bonds. The van der Waals surface area contributed by atoms with Crippen LogP contribution in [0.4, 0.5) is 0 Å². The summed E-state index contributed by atoms with van der Waals surface area (Å²) >= 11 is 0. The van der Waals surface area contributed by atoms with Crippen LogP contribution in [0.5, 0.6) is 0 Å². The van der Waals surface area contributed by atoms with E-state index in [2.05, 4.69) is 4.98 Å². The molecular formula is C16H12N2O3. The van der Waals surface area contributed by atoms with Gasteiger partial charge in [-0.3, -0.25) is 9.78 Å². The molecule has 2 heterocycles. The smallest absolute Gasteiger partial charge is 0.347 e. The Kier molecular flexibility index (Phi) is 3.33. The normalized spacial score (nSPS) is 10.7. The summed E-state index contributed by atoms with van der Waals surface area (Å²) in [5.74, 6) is -0.428. The zero-order valence-corrected chi connectivity index (χ0v) is 11.1. The van der Waals surface area contributed by atoms with Gasteiger partial charge in [0.05, 0.1) is 5.69 Å². The first-order valence-corrected chi connectivity index (χ1v) is 6.42. The third-order valence-electron chi connectivity index (χ3n) is 3.21. The molecule has 0 fully saturated rings. The Morgan fingerprint density at radius 1 is 1.14 bits per heavy atom. The van der Waals surface area contributed by atoms with Crippen molar-refractivity contribution < 1.29 is 9.21 Å². The van der Waals surface area contributed by atoms with Crippen LogP contribution in [0.1, 0.15) is 21.6 Å². The van der Waals surface area contributed by atoms with E-state index in [1.165, 1.54) is 6.07 Å². The molecule has 5 nitrogen and oxygen atoms in total. The van der Waals surface area contributed by atoms with Crippen molar-refractivity contribution in [2.24, 2.45) is 5.73 Å². The minimum absolute atomic E-state index is 0.0172. The second-order valence-electron chi connectivity index (χ2n) is 4.52. The number of hydrogen-bond donors (Lipinski definition) is 1. The quantitative estimate of drug-likeness (QED) is 0.584. The van der Waals surface area contributed by atoms with Crippen molar-refractivity contribution in [3.63, 3.8) is 0 Å². The third-order valence-corrected chi connectivity index (χ3v) is 3.21. The molecule has 0 bridgehead atoms. The molecule has 0 aliphatic heterocycles. The summed E-state index contributed by atoms with van der Waals surface area (Å²) in [4.78, 5) is 28.6. The van der Waals surface area contributed by atoms with Crippen molar-refractivity contribution in [2.45, 2.75) is 6.54 Å². The Hall–Kier alpha value is -2.79. The van der Waals surface area contributed by atoms with Crippen LogP contribution in [0.25, 0.3) is 11.0 Å². The molecule has 104 valence electrons. The van der Waals surface area contributed by atoms with Crippen LogP contribution in [-0.2, 0) is 6.54 Å². The van der Waals surface area contributed by atoms with E-state index in [1.54, 1.807) is 36.5 Å². The number of carbonyl (C=O) groups excluding carboxylic acids is 1. The summed E-state index contributed by atoms with van der Waals surface area (Å²) in [6.07, 6.45) is 1.56. The zero-order valence-electron chi connectivity index (χ0n) is 11.1. The lowest BCUT2D eigenvalue weighted by Crippen LogP contribution is -2.17. The maximum absolute atomic E-state index is 12.5. The first-order valence-electron chi connectivity index (χ1n) is 6.42. The van der Waals surface area contributed by atoms with Gasteiger partial charge >= 0.3 is 5.63 Å². The molecule has 0 spiro atoms. The molecule has 0 aliphatic rings. The summed E-state index contributed by atoms with van der Waals surface area (Å²) in [6, 6.07) is 11.8. The summed E-state index contributed by atoms with van der Waals surface area (Å²) < 4.78 is 5.18. The largest absolute Gasteiger partial charge is 0.422 e. The number of nitrogens with two attached hydrogens (primary N) is 1. The van der Waals surface area contributed by atoms with E-state index in [0.717, 1.165) is 0 Å². The maximum Gasteiger partial charge on any atom is 0.347 e. The number of hydrogen-bond acceptors (Lipinski definition) is 5. The van der Waals surface area contributed by atoms with E-state index in [4.69, 9.17) is 10.2 Å². The SMILES string of the molecule is NCc1ncccc1C(=O)c1cc2ccccc2oc1=O. The third kappa shape index (κ3) is 2.34. The molecule has 21 heavy (non-hydrogen) atoms. The molecule has 0 radical (unpaired) electrons. The second-order valence-corrected chi connectivity index (χ2v) is 4.52. The number of nitrogens with zero attached hydrogens (tertiary/aromatic N) is 1. The first kappa shape index (κ1) is 13.2. The lowest BCUT2D eigenvalue weighted by Gasteiger charge is -2.05. The Labute approximate surface area is 120 Å². The van der Waals surface area contributed by atoms with E-state index < -0.39 is 11.4 Å². The molecule has 2 aromatic heterocycles. The maximum atomic E-state index is 12.5. The number of rotatable bonds is 3. The van der Waals surface area contributed by atoms with E-state index in [-0.39, 0.29) is 12.1 Å². The molecule has 3 rings (SSSR count). The number of benzene rings is 1. The van der Waals surface area contributed by atoms with Crippen molar-refractivity contribution in [3.05, 3.63) is 75.9 Å². The van der Waals surface area contributed by atoms with Crippen molar-refractivity contribution in [1.82, 2.24) is 4.98 Å². The van der Waals surface area contributed by atoms with Crippen LogP contribution in [-0.4, -0.2) is 10.8 Å². The van der Waals surface area contributed by atoms with Crippen molar-refractivity contribution in [3.8, 4) is 0 Å². The Balaban J connectivity index is 2.18. The average molecular weight is 280 g/mol. The van der Waals surface area contributed by atoms with Crippen LogP contribution < -0.4 is 11.4 Å². The van der Waals surface area contributed by atoms with Crippen molar-refractivity contribution >= 4 is 16.8 Å². The highest BCUT2D eigenvalue weighted by Crippen LogP contribution is 2.16. The van der Waals surface area contributed by atoms with E-state index in [1.807, 2.05) is 6.07 Å². The van der Waals surface area contributed by atoms with Gasteiger partial charge in [0.15, 0.2) is 0 Å². The Morgan fingerprint density at radius 3 is 2.76 bits per heavy atom. The molecule has 5 heteroatoms. The van der Waals surface area contributed by atoms with Gasteiger partial charge in [0, 0.05) is 23.7 Å². The topological polar surface area (TPSA) is 86.2 Å². The van der Waals surface area contributed by atoms with Gasteiger partial charge < -0.3 is 10.2 Å². The predicted molar refractivity (Wildman–Crippen MR) is 78.0 cm³/mol. The van der Waals surface area contributed by atoms with Crippen LogP contribution in [0.2, 0.25) is 0 Å². The van der Waals surface area contributed by atoms with Gasteiger partial charge in [-0.25, -0.2) is 4.79 Å². The lowest BCUT2D eigenvalue weighted by atomic mass is 10.0. The van der Waals surface area contributed by atoms with Crippen molar-refractivity contribution in [1.29, 1.82) is 0 Å². The highest BCUT2D eigenvalue weighted by Gasteiger charge is 2.18. The number of pyridine rings is 1. The summed E-state index contributed by atoms with van der Waals surface area (Å²) in [5, 5.41) is 0.693. The number of carbonyl (C=O) groups is 1. The van der Waals surface area contributed by atoms with Crippen LogP contribution in [0.15, 0.2) is 57.9 Å². The molecule has 0 unspecified atom stereocenters. The lowest BCUT2D eigenvalue weighted by molar-refractivity contribution is 0.103. The van der Waals surface area contributed by atoms with E-state index >= 15 is 0 Å². The summed E-state index contributed by atoms with van der Waals surface area (Å²) in [6.45, 7) is 0.126. The predicted octanol–water partition coefficient (Wildman–Crippen LogP) is 1.88. The fraction of sp³-hybridized carbons (Fsp3) is 0.0625. The molecule has 3 aromatic rings. The fourth-order valence-electron chi connectivity index (χ4n) is 2.17. The van der Waals surface area contributed by atoms with Crippen LogP contribution in [0, 0.1) is 0 Å². The van der Waals surface area contributed by atoms with Gasteiger partial charge in [-0.2, -0.15) is 0 Å². The highest BCUT2D eigenvalue weighted by molar-refractivity contribution is 6.10. The van der Waals surface area contributed by atoms with E-state index in [9.17, 15) is 9.59 Å². The minimum Gasteiger partial charge on any atom is -0.422 e. The molecule has 0 saturated heterocycles. The van der Waals surface area contributed by atoms with Gasteiger partial charge in [0.1, 0.15) is 11.1 Å². The van der Waals surface area contributed by atoms with Crippen molar-refractivity contribution in [2.75, 3.05) is 0 Å². The Morgan fingerprint density at radius 2 is 1.95 bits per heavy atom. The zero-order chi connectivity index (χ0) is 14.8. The number of para-hydroxylation sites is 1. The van der Waals surface area contributed by atoms with Gasteiger partial charge in [-0.05, 0) is 24.3 Å². The fourth-order valence-corrected chi connectivity index (χ4v) is 2.17. The highest BCUT2D eigenvalue weighted by atomic mass is 16.4. The molecule has 0 atom stereocenters. The molecule has 0 saturated carbocycles. The standard InChI is InChI=1S/C16H12N2O3/c17-9-13-11(5-3-7-18-13)15(19)12-8-10-4-1-2-6-14(10)21-16(12)20/h1-8H,9,17H2. The van der Waals surface area contributed by atoms with Gasteiger partial charge in [-0.15, -0.1) is 0 Å². The monoisotopic (exact) mass is 280 g/mol. The number of fused-ring (bicyclic) bond motifs is 1. The first-order chi connectivity index (χ1) is 10.2. The second kappa shape index (κ2) is 5.30. The van der Waals surface area contributed by atoms with Crippen LogP contribution >= 0.6 is 0 Å². The number of ketones is 1. The molecular weight excluding hydrogens is 268 g/mol. The molecule has 0 aliphatic carbocycles. The summed E-state index contributed by atoms with van der Waals surface area (Å²) in [7, 11) is 0. The van der Waals surface area contributed by atoms with Gasteiger partial charge in [0.25, 0.3) is 0 Å². The summed E-state index contributed by atoms with van der Waals surface area (Å²) in [5.41, 5.74) is 6.12. The molecule has 2 N–H and O–H groups in total. The number of aromatic nitrogens is 1. The van der Waals surface area contributed by atoms with Gasteiger partial charge in [0.2, 0.25) is 5.78 Å². The average Bonchev–Trinajstić information content (AvgIpc) is 2.53. The van der Waals surface area contributed by atoms with E-state index in [0.29, 0.717) is 22.2 Å².